The van der Waals surface area contributed by atoms with Crippen molar-refractivity contribution in [1.29, 1.82) is 0 Å². The van der Waals surface area contributed by atoms with Gasteiger partial charge in [0.15, 0.2) is 0 Å². The molecule has 0 radical (unpaired) electrons. The molecule has 1 aliphatic heterocycles. The van der Waals surface area contributed by atoms with Crippen molar-refractivity contribution in [2.75, 3.05) is 13.2 Å². The van der Waals surface area contributed by atoms with Gasteiger partial charge in [0.05, 0.1) is 12.6 Å². The van der Waals surface area contributed by atoms with E-state index >= 15 is 0 Å². The number of carbonyl (C=O) groups excluding carboxylic acids is 1. The minimum atomic E-state index is -0.00646. The van der Waals surface area contributed by atoms with Gasteiger partial charge in [0, 0.05) is 19.0 Å². The second-order valence-electron chi connectivity index (χ2n) is 6.01. The van der Waals surface area contributed by atoms with Gasteiger partial charge in [-0.25, -0.2) is 0 Å². The summed E-state index contributed by atoms with van der Waals surface area (Å²) in [4.78, 5) is 14.3. The minimum absolute atomic E-state index is 0.00646. The summed E-state index contributed by atoms with van der Waals surface area (Å²) in [6.07, 6.45) is 4.43. The fraction of sp³-hybridized carbons (Fsp3) is 0.611. The number of amides is 1. The van der Waals surface area contributed by atoms with Gasteiger partial charge in [0.25, 0.3) is 0 Å². The average Bonchev–Trinajstić information content (AvgIpc) is 2.54. The highest BCUT2D eigenvalue weighted by atomic mass is 16.5. The molecule has 1 aliphatic rings. The standard InChI is InChI=1S/C18H28N2O2/c1-3-5-12-20-17(21)11-10-16(19)18(20)14-6-8-15(9-7-14)22-13-4-2/h6-9,16,18H,3-5,10-13,19H2,1-2H3. The molecule has 0 aliphatic carbocycles. The summed E-state index contributed by atoms with van der Waals surface area (Å²) < 4.78 is 5.63. The molecule has 0 saturated carbocycles. The van der Waals surface area contributed by atoms with Crippen molar-refractivity contribution in [3.8, 4) is 5.75 Å². The number of likely N-dealkylation sites (tertiary alicyclic amines) is 1. The normalized spacial score (nSPS) is 22.0. The van der Waals surface area contributed by atoms with Crippen molar-refractivity contribution < 1.29 is 9.53 Å². The summed E-state index contributed by atoms with van der Waals surface area (Å²) in [6.45, 7) is 5.75. The van der Waals surface area contributed by atoms with Crippen LogP contribution < -0.4 is 10.5 Å². The van der Waals surface area contributed by atoms with E-state index in [2.05, 4.69) is 13.8 Å². The molecular formula is C18H28N2O2. The molecule has 22 heavy (non-hydrogen) atoms. The van der Waals surface area contributed by atoms with Gasteiger partial charge < -0.3 is 15.4 Å². The fourth-order valence-corrected chi connectivity index (χ4v) is 2.98. The molecule has 0 spiro atoms. The lowest BCUT2D eigenvalue weighted by atomic mass is 9.90. The van der Waals surface area contributed by atoms with Gasteiger partial charge in [-0.2, -0.15) is 0 Å². The van der Waals surface area contributed by atoms with Gasteiger partial charge in [-0.05, 0) is 37.0 Å². The molecule has 2 rings (SSSR count). The number of piperidine rings is 1. The summed E-state index contributed by atoms with van der Waals surface area (Å²) in [7, 11) is 0. The van der Waals surface area contributed by atoms with E-state index in [0.717, 1.165) is 50.1 Å². The Morgan fingerprint density at radius 3 is 2.59 bits per heavy atom. The fourth-order valence-electron chi connectivity index (χ4n) is 2.98. The Kier molecular flexibility index (Phi) is 6.25. The number of nitrogens with zero attached hydrogens (tertiary/aromatic N) is 1. The molecule has 1 heterocycles. The number of nitrogens with two attached hydrogens (primary N) is 1. The average molecular weight is 304 g/mol. The molecule has 1 aromatic carbocycles. The van der Waals surface area contributed by atoms with E-state index < -0.39 is 0 Å². The molecule has 2 N–H and O–H groups in total. The van der Waals surface area contributed by atoms with Crippen molar-refractivity contribution in [3.05, 3.63) is 29.8 Å². The predicted molar refractivity (Wildman–Crippen MR) is 88.8 cm³/mol. The van der Waals surface area contributed by atoms with Crippen LogP contribution in [0.25, 0.3) is 0 Å². The van der Waals surface area contributed by atoms with Crippen molar-refractivity contribution in [2.45, 2.75) is 58.0 Å². The highest BCUT2D eigenvalue weighted by Gasteiger charge is 2.34. The Hall–Kier alpha value is -1.55. The van der Waals surface area contributed by atoms with E-state index in [9.17, 15) is 4.79 Å². The Labute approximate surface area is 133 Å². The minimum Gasteiger partial charge on any atom is -0.494 e. The van der Waals surface area contributed by atoms with E-state index in [1.165, 1.54) is 0 Å². The molecule has 0 bridgehead atoms. The Balaban J connectivity index is 2.15. The monoisotopic (exact) mass is 304 g/mol. The highest BCUT2D eigenvalue weighted by Crippen LogP contribution is 2.32. The van der Waals surface area contributed by atoms with Crippen molar-refractivity contribution in [3.63, 3.8) is 0 Å². The first-order chi connectivity index (χ1) is 10.7. The number of carbonyl (C=O) groups is 1. The van der Waals surface area contributed by atoms with Crippen LogP contribution in [0.5, 0.6) is 5.75 Å². The van der Waals surface area contributed by atoms with Gasteiger partial charge in [0.2, 0.25) is 5.91 Å². The Bertz CT molecular complexity index is 472. The Morgan fingerprint density at radius 1 is 1.23 bits per heavy atom. The third kappa shape index (κ3) is 4.01. The molecule has 1 fully saturated rings. The molecule has 1 saturated heterocycles. The molecule has 2 unspecified atom stereocenters. The van der Waals surface area contributed by atoms with E-state index in [1.807, 2.05) is 29.2 Å². The van der Waals surface area contributed by atoms with Crippen LogP contribution >= 0.6 is 0 Å². The van der Waals surface area contributed by atoms with Crippen molar-refractivity contribution >= 4 is 5.91 Å². The highest BCUT2D eigenvalue weighted by molar-refractivity contribution is 5.78. The molecule has 4 heteroatoms. The van der Waals surface area contributed by atoms with E-state index in [0.29, 0.717) is 6.42 Å². The van der Waals surface area contributed by atoms with Crippen molar-refractivity contribution in [1.82, 2.24) is 4.90 Å². The van der Waals surface area contributed by atoms with Crippen LogP contribution in [0.15, 0.2) is 24.3 Å². The lowest BCUT2D eigenvalue weighted by molar-refractivity contribution is -0.137. The molecule has 1 amide bonds. The first kappa shape index (κ1) is 16.8. The van der Waals surface area contributed by atoms with Crippen LogP contribution in [0.4, 0.5) is 0 Å². The number of benzene rings is 1. The van der Waals surface area contributed by atoms with Gasteiger partial charge in [0.1, 0.15) is 5.75 Å². The van der Waals surface area contributed by atoms with Crippen LogP contribution in [0.3, 0.4) is 0 Å². The maximum Gasteiger partial charge on any atom is 0.223 e. The third-order valence-electron chi connectivity index (χ3n) is 4.20. The molecule has 4 nitrogen and oxygen atoms in total. The van der Waals surface area contributed by atoms with Gasteiger partial charge >= 0.3 is 0 Å². The SMILES string of the molecule is CCCCN1C(=O)CCC(N)C1c1ccc(OCCC)cc1. The molecule has 1 aromatic rings. The Morgan fingerprint density at radius 2 is 1.95 bits per heavy atom. The zero-order valence-corrected chi connectivity index (χ0v) is 13.8. The predicted octanol–water partition coefficient (Wildman–Crippen LogP) is 3.27. The van der Waals surface area contributed by atoms with E-state index in [1.54, 1.807) is 0 Å². The van der Waals surface area contributed by atoms with E-state index in [4.69, 9.17) is 10.5 Å². The second kappa shape index (κ2) is 8.18. The van der Waals surface area contributed by atoms with Crippen LogP contribution in [0, 0.1) is 0 Å². The lowest BCUT2D eigenvalue weighted by Gasteiger charge is -2.40. The number of unbranched alkanes of at least 4 members (excludes halogenated alkanes) is 1. The maximum absolute atomic E-state index is 12.3. The van der Waals surface area contributed by atoms with Gasteiger partial charge in [-0.3, -0.25) is 4.79 Å². The number of hydrogen-bond acceptors (Lipinski definition) is 3. The smallest absolute Gasteiger partial charge is 0.223 e. The molecule has 0 aromatic heterocycles. The summed E-state index contributed by atoms with van der Waals surface area (Å²) in [5.41, 5.74) is 7.44. The lowest BCUT2D eigenvalue weighted by Crippen LogP contribution is -2.49. The maximum atomic E-state index is 12.3. The zero-order chi connectivity index (χ0) is 15.9. The van der Waals surface area contributed by atoms with Crippen LogP contribution in [0.2, 0.25) is 0 Å². The van der Waals surface area contributed by atoms with Gasteiger partial charge in [-0.1, -0.05) is 32.4 Å². The number of hydrogen-bond donors (Lipinski definition) is 1. The second-order valence-corrected chi connectivity index (χ2v) is 6.01. The quantitative estimate of drug-likeness (QED) is 0.841. The van der Waals surface area contributed by atoms with Crippen LogP contribution in [-0.2, 0) is 4.79 Å². The van der Waals surface area contributed by atoms with Gasteiger partial charge in [-0.15, -0.1) is 0 Å². The third-order valence-corrected chi connectivity index (χ3v) is 4.20. The zero-order valence-electron chi connectivity index (χ0n) is 13.8. The summed E-state index contributed by atoms with van der Waals surface area (Å²) in [5.74, 6) is 1.10. The summed E-state index contributed by atoms with van der Waals surface area (Å²) in [6, 6.07) is 8.06. The molecule has 122 valence electrons. The van der Waals surface area contributed by atoms with E-state index in [-0.39, 0.29) is 18.0 Å². The first-order valence-corrected chi connectivity index (χ1v) is 8.45. The van der Waals surface area contributed by atoms with Crippen LogP contribution in [-0.4, -0.2) is 30.0 Å². The largest absolute Gasteiger partial charge is 0.494 e. The molecular weight excluding hydrogens is 276 g/mol. The summed E-state index contributed by atoms with van der Waals surface area (Å²) in [5, 5.41) is 0. The summed E-state index contributed by atoms with van der Waals surface area (Å²) >= 11 is 0. The topological polar surface area (TPSA) is 55.6 Å². The van der Waals surface area contributed by atoms with Crippen LogP contribution in [0.1, 0.15) is 57.6 Å². The number of ether oxygens (including phenoxy) is 1. The molecule has 2 atom stereocenters. The number of rotatable bonds is 7. The first-order valence-electron chi connectivity index (χ1n) is 8.45. The van der Waals surface area contributed by atoms with Crippen molar-refractivity contribution in [2.24, 2.45) is 5.73 Å².